The number of pyridine rings is 1. The van der Waals surface area contributed by atoms with Crippen LogP contribution < -0.4 is 5.32 Å². The van der Waals surface area contributed by atoms with Crippen LogP contribution in [0.3, 0.4) is 0 Å². The average molecular weight is 273 g/mol. The molecule has 5 nitrogen and oxygen atoms in total. The predicted molar refractivity (Wildman–Crippen MR) is 58.2 cm³/mol. The van der Waals surface area contributed by atoms with Crippen molar-refractivity contribution in [3.05, 3.63) is 29.6 Å². The molecule has 0 saturated carbocycles. The molecule has 1 rings (SSSR count). The van der Waals surface area contributed by atoms with E-state index in [0.29, 0.717) is 5.56 Å². The van der Waals surface area contributed by atoms with Gasteiger partial charge in [0.05, 0.1) is 12.2 Å². The summed E-state index contributed by atoms with van der Waals surface area (Å²) < 4.78 is 39.5. The van der Waals surface area contributed by atoms with Crippen molar-refractivity contribution in [3.8, 4) is 6.07 Å². The topological polar surface area (TPSA) is 75.0 Å². The van der Waals surface area contributed by atoms with Crippen molar-refractivity contribution < 1.29 is 22.7 Å². The molecule has 0 aromatic carbocycles. The van der Waals surface area contributed by atoms with Crippen LogP contribution in [0.1, 0.15) is 16.1 Å². The lowest BCUT2D eigenvalue weighted by Crippen LogP contribution is -2.29. The molecule has 1 aromatic heterocycles. The summed E-state index contributed by atoms with van der Waals surface area (Å²) in [6, 6.07) is 4.62. The third kappa shape index (κ3) is 5.83. The number of ether oxygens (including phenoxy) is 1. The van der Waals surface area contributed by atoms with Gasteiger partial charge in [0.15, 0.2) is 0 Å². The highest BCUT2D eigenvalue weighted by Crippen LogP contribution is 2.13. The number of carbonyl (C=O) groups excluding carboxylic acids is 1. The van der Waals surface area contributed by atoms with Crippen LogP contribution in [0.25, 0.3) is 0 Å². The fourth-order valence-electron chi connectivity index (χ4n) is 1.11. The highest BCUT2D eigenvalue weighted by Gasteiger charge is 2.27. The van der Waals surface area contributed by atoms with Crippen LogP contribution in [0, 0.1) is 11.3 Å². The van der Waals surface area contributed by atoms with Gasteiger partial charge >= 0.3 is 6.18 Å². The van der Waals surface area contributed by atoms with Crippen LogP contribution in [0.2, 0.25) is 0 Å². The molecule has 0 aliphatic heterocycles. The van der Waals surface area contributed by atoms with Gasteiger partial charge in [-0.25, -0.2) is 4.98 Å². The number of hydrogen-bond donors (Lipinski definition) is 1. The first-order chi connectivity index (χ1) is 8.92. The Morgan fingerprint density at radius 2 is 2.21 bits per heavy atom. The van der Waals surface area contributed by atoms with Gasteiger partial charge in [-0.1, -0.05) is 0 Å². The van der Waals surface area contributed by atoms with Gasteiger partial charge in [0.25, 0.3) is 5.91 Å². The molecular formula is C11H10F3N3O2. The zero-order chi connectivity index (χ0) is 14.3. The van der Waals surface area contributed by atoms with E-state index in [9.17, 15) is 18.0 Å². The second-order valence-corrected chi connectivity index (χ2v) is 3.47. The largest absolute Gasteiger partial charge is 0.411 e. The summed E-state index contributed by atoms with van der Waals surface area (Å²) in [6.45, 7) is -1.66. The highest BCUT2D eigenvalue weighted by atomic mass is 19.4. The molecule has 1 amide bonds. The maximum absolute atomic E-state index is 11.7. The Bertz CT molecular complexity index is 466. The first-order valence-corrected chi connectivity index (χ1v) is 5.21. The van der Waals surface area contributed by atoms with Crippen molar-refractivity contribution in [1.82, 2.24) is 10.3 Å². The van der Waals surface area contributed by atoms with Crippen molar-refractivity contribution in [2.75, 3.05) is 19.8 Å². The van der Waals surface area contributed by atoms with Gasteiger partial charge in [0.1, 0.15) is 18.4 Å². The van der Waals surface area contributed by atoms with E-state index in [2.05, 4.69) is 15.0 Å². The quantitative estimate of drug-likeness (QED) is 0.819. The first kappa shape index (κ1) is 14.9. The average Bonchev–Trinajstić information content (AvgIpc) is 2.37. The van der Waals surface area contributed by atoms with E-state index in [0.717, 1.165) is 0 Å². The number of aromatic nitrogens is 1. The minimum Gasteiger partial charge on any atom is -0.370 e. The van der Waals surface area contributed by atoms with E-state index in [4.69, 9.17) is 5.26 Å². The number of rotatable bonds is 5. The molecule has 0 aliphatic rings. The Balaban J connectivity index is 2.29. The fraction of sp³-hybridized carbons (Fsp3) is 0.364. The van der Waals surface area contributed by atoms with Gasteiger partial charge in [-0.15, -0.1) is 0 Å². The van der Waals surface area contributed by atoms with Crippen molar-refractivity contribution >= 4 is 5.91 Å². The Morgan fingerprint density at radius 1 is 1.47 bits per heavy atom. The zero-order valence-electron chi connectivity index (χ0n) is 9.70. The van der Waals surface area contributed by atoms with E-state index in [1.165, 1.54) is 18.3 Å². The molecule has 1 heterocycles. The van der Waals surface area contributed by atoms with Crippen LogP contribution >= 0.6 is 0 Å². The summed E-state index contributed by atoms with van der Waals surface area (Å²) in [7, 11) is 0. The Labute approximate surface area is 107 Å². The number of nitrogens with one attached hydrogen (secondary N) is 1. The monoisotopic (exact) mass is 273 g/mol. The lowest BCUT2D eigenvalue weighted by Gasteiger charge is -2.08. The van der Waals surface area contributed by atoms with Gasteiger partial charge in [-0.05, 0) is 12.1 Å². The maximum atomic E-state index is 11.7. The van der Waals surface area contributed by atoms with Crippen molar-refractivity contribution in [2.45, 2.75) is 6.18 Å². The molecular weight excluding hydrogens is 263 g/mol. The normalized spacial score (nSPS) is 10.8. The summed E-state index contributed by atoms with van der Waals surface area (Å²) in [5, 5.41) is 10.9. The number of nitrogens with zero attached hydrogens (tertiary/aromatic N) is 2. The molecule has 0 radical (unpaired) electrons. The van der Waals surface area contributed by atoms with Gasteiger partial charge < -0.3 is 10.1 Å². The number of nitriles is 1. The van der Waals surface area contributed by atoms with Crippen LogP contribution in [-0.4, -0.2) is 36.8 Å². The number of halogens is 3. The third-order valence-electron chi connectivity index (χ3n) is 1.92. The summed E-state index contributed by atoms with van der Waals surface area (Å²) in [5.74, 6) is -0.542. The third-order valence-corrected chi connectivity index (χ3v) is 1.92. The standard InChI is InChI=1S/C11H10F3N3O2/c12-11(13,14)7-19-4-3-16-10(18)9-2-1-8(5-15)6-17-9/h1-2,6H,3-4,7H2,(H,16,18). The smallest absolute Gasteiger partial charge is 0.370 e. The predicted octanol–water partition coefficient (Wildman–Crippen LogP) is 1.26. The molecule has 8 heteroatoms. The Morgan fingerprint density at radius 3 is 2.74 bits per heavy atom. The van der Waals surface area contributed by atoms with Crippen LogP contribution in [0.5, 0.6) is 0 Å². The number of hydrogen-bond acceptors (Lipinski definition) is 4. The lowest BCUT2D eigenvalue weighted by atomic mass is 10.2. The summed E-state index contributed by atoms with van der Waals surface area (Å²) in [5.41, 5.74) is 0.389. The highest BCUT2D eigenvalue weighted by molar-refractivity contribution is 5.92. The molecule has 1 aromatic rings. The van der Waals surface area contributed by atoms with Crippen LogP contribution in [0.15, 0.2) is 18.3 Å². The van der Waals surface area contributed by atoms with Crippen LogP contribution in [-0.2, 0) is 4.74 Å². The summed E-state index contributed by atoms with van der Waals surface area (Å²) >= 11 is 0. The van der Waals surface area contributed by atoms with Crippen LogP contribution in [0.4, 0.5) is 13.2 Å². The number of alkyl halides is 3. The molecule has 102 valence electrons. The Hall–Kier alpha value is -2.14. The second-order valence-electron chi connectivity index (χ2n) is 3.47. The zero-order valence-corrected chi connectivity index (χ0v) is 9.70. The van der Waals surface area contributed by atoms with E-state index >= 15 is 0 Å². The molecule has 0 saturated heterocycles. The lowest BCUT2D eigenvalue weighted by molar-refractivity contribution is -0.173. The van der Waals surface area contributed by atoms with Gasteiger partial charge in [0.2, 0.25) is 0 Å². The second kappa shape index (κ2) is 6.70. The molecule has 0 spiro atoms. The molecule has 1 N–H and O–H groups in total. The minimum atomic E-state index is -4.38. The summed E-state index contributed by atoms with van der Waals surface area (Å²) in [4.78, 5) is 15.2. The molecule has 19 heavy (non-hydrogen) atoms. The van der Waals surface area contributed by atoms with Gasteiger partial charge in [-0.3, -0.25) is 4.79 Å². The van der Waals surface area contributed by atoms with E-state index in [1.807, 2.05) is 6.07 Å². The summed E-state index contributed by atoms with van der Waals surface area (Å²) in [6.07, 6.45) is -3.15. The molecule has 0 aliphatic carbocycles. The number of carbonyl (C=O) groups is 1. The van der Waals surface area contributed by atoms with E-state index in [-0.39, 0.29) is 18.8 Å². The molecule has 0 unspecified atom stereocenters. The Kier molecular flexibility index (Phi) is 5.26. The van der Waals surface area contributed by atoms with E-state index < -0.39 is 18.7 Å². The molecule has 0 fully saturated rings. The first-order valence-electron chi connectivity index (χ1n) is 5.21. The van der Waals surface area contributed by atoms with Crippen molar-refractivity contribution in [3.63, 3.8) is 0 Å². The van der Waals surface area contributed by atoms with Crippen molar-refractivity contribution in [2.24, 2.45) is 0 Å². The minimum absolute atomic E-state index is 0.0589. The fourth-order valence-corrected chi connectivity index (χ4v) is 1.11. The molecule has 0 bridgehead atoms. The van der Waals surface area contributed by atoms with E-state index in [1.54, 1.807) is 0 Å². The van der Waals surface area contributed by atoms with Gasteiger partial charge in [0, 0.05) is 12.7 Å². The SMILES string of the molecule is N#Cc1ccc(C(=O)NCCOCC(F)(F)F)nc1. The number of amides is 1. The van der Waals surface area contributed by atoms with Gasteiger partial charge in [-0.2, -0.15) is 18.4 Å². The van der Waals surface area contributed by atoms with Crippen molar-refractivity contribution in [1.29, 1.82) is 5.26 Å². The molecule has 0 atom stereocenters. The maximum Gasteiger partial charge on any atom is 0.411 e.